The third kappa shape index (κ3) is 23.6. The molecule has 0 saturated carbocycles. The summed E-state index contributed by atoms with van der Waals surface area (Å²) in [5.74, 6) is -2.26. The summed E-state index contributed by atoms with van der Waals surface area (Å²) >= 11 is 0. The first-order valence-electron chi connectivity index (χ1n) is 5.94. The lowest BCUT2D eigenvalue weighted by Crippen LogP contribution is -2.27. The summed E-state index contributed by atoms with van der Waals surface area (Å²) in [6, 6.07) is 0. The molecule has 0 aliphatic rings. The van der Waals surface area contributed by atoms with Crippen LogP contribution >= 0.6 is 0 Å². The Bertz CT molecular complexity index is 256. The largest absolute Gasteiger partial charge is 0.411 e. The summed E-state index contributed by atoms with van der Waals surface area (Å²) < 4.78 is 128. The molecule has 23 heavy (non-hydrogen) atoms. The van der Waals surface area contributed by atoms with E-state index in [9.17, 15) is 48.3 Å². The fourth-order valence-electron chi connectivity index (χ4n) is 0.742. The van der Waals surface area contributed by atoms with Gasteiger partial charge in [-0.1, -0.05) is 6.92 Å². The van der Waals surface area contributed by atoms with Gasteiger partial charge in [0.05, 0.1) is 13.1 Å². The van der Waals surface area contributed by atoms with Crippen molar-refractivity contribution in [2.75, 3.05) is 27.1 Å². The highest BCUT2D eigenvalue weighted by Gasteiger charge is 2.39. The number of halogens is 11. The van der Waals surface area contributed by atoms with Crippen molar-refractivity contribution in [2.24, 2.45) is 5.92 Å². The Hall–Kier alpha value is -0.810. The molecule has 0 aliphatic carbocycles. The van der Waals surface area contributed by atoms with E-state index in [-0.39, 0.29) is 0 Å². The van der Waals surface area contributed by atoms with Crippen LogP contribution in [0.4, 0.5) is 48.3 Å². The van der Waals surface area contributed by atoms with Gasteiger partial charge >= 0.3 is 18.5 Å². The monoisotopic (exact) mass is 374 g/mol. The van der Waals surface area contributed by atoms with Crippen LogP contribution in [0, 0.1) is 5.92 Å². The lowest BCUT2D eigenvalue weighted by Gasteiger charge is -2.16. The topological polar surface area (TPSA) is 9.23 Å². The molecule has 0 saturated heterocycles. The van der Waals surface area contributed by atoms with Crippen LogP contribution in [0.15, 0.2) is 0 Å². The molecule has 0 aliphatic heterocycles. The van der Waals surface area contributed by atoms with Gasteiger partial charge in [-0.25, -0.2) is 0 Å². The van der Waals surface area contributed by atoms with Crippen molar-refractivity contribution in [3.63, 3.8) is 0 Å². The molecule has 0 N–H and O–H groups in total. The molecule has 0 bridgehead atoms. The molecule has 0 spiro atoms. The Balaban J connectivity index is -0.000000418. The molecule has 1 nitrogen and oxygen atoms in total. The minimum absolute atomic E-state index is 0.500. The molecule has 0 aromatic carbocycles. The maximum absolute atomic E-state index is 11.9. The molecule has 0 fully saturated rings. The molecular weight excluding hydrogens is 357 g/mol. The van der Waals surface area contributed by atoms with Gasteiger partial charge in [-0.05, 0) is 6.42 Å². The Kier molecular flexibility index (Phi) is 14.8. The van der Waals surface area contributed by atoms with Crippen molar-refractivity contribution < 1.29 is 53.0 Å². The van der Waals surface area contributed by atoms with Gasteiger partial charge in [0, 0.05) is 13.0 Å². The Labute approximate surface area is 125 Å². The van der Waals surface area contributed by atoms with Gasteiger partial charge in [-0.3, -0.25) is 8.78 Å². The number of hydrogen-bond acceptors (Lipinski definition) is 1. The van der Waals surface area contributed by atoms with Gasteiger partial charge < -0.3 is 4.74 Å². The third-order valence-corrected chi connectivity index (χ3v) is 1.93. The number of rotatable bonds is 5. The van der Waals surface area contributed by atoms with Crippen molar-refractivity contribution in [1.82, 2.24) is 0 Å². The van der Waals surface area contributed by atoms with Crippen molar-refractivity contribution in [3.05, 3.63) is 0 Å². The van der Waals surface area contributed by atoms with Crippen molar-refractivity contribution in [1.29, 1.82) is 0 Å². The fourth-order valence-corrected chi connectivity index (χ4v) is 0.742. The standard InChI is InChI=1S/C7H9F7O.C3H5F3.CH3F/c8-3-5(7(12,13)14)1-2-15-4-6(9,10)11;1-2-3(4,5)6;1-2/h5H,1-4H2;2H2,1H3;1H3. The molecule has 12 heteroatoms. The molecular formula is C11H17F11O. The van der Waals surface area contributed by atoms with Gasteiger partial charge in [-0.2, -0.15) is 39.5 Å². The predicted octanol–water partition coefficient (Wildman–Crippen LogP) is 5.65. The van der Waals surface area contributed by atoms with Gasteiger partial charge in [0.15, 0.2) is 0 Å². The third-order valence-electron chi connectivity index (χ3n) is 1.93. The van der Waals surface area contributed by atoms with E-state index in [4.69, 9.17) is 0 Å². The van der Waals surface area contributed by atoms with Crippen LogP contribution in [0.5, 0.6) is 0 Å². The summed E-state index contributed by atoms with van der Waals surface area (Å²) in [6.45, 7) is -2.96. The van der Waals surface area contributed by atoms with Crippen LogP contribution in [-0.4, -0.2) is 45.6 Å². The number of hydrogen-bond donors (Lipinski definition) is 0. The first kappa shape index (κ1) is 27.1. The molecule has 0 aromatic rings. The molecule has 0 amide bonds. The minimum Gasteiger partial charge on any atom is -0.372 e. The van der Waals surface area contributed by atoms with Crippen LogP contribution in [0.2, 0.25) is 0 Å². The van der Waals surface area contributed by atoms with Crippen LogP contribution in [0.25, 0.3) is 0 Å². The van der Waals surface area contributed by atoms with E-state index in [2.05, 4.69) is 4.74 Å². The zero-order valence-corrected chi connectivity index (χ0v) is 12.2. The molecule has 0 aromatic heterocycles. The highest BCUT2D eigenvalue weighted by Crippen LogP contribution is 2.29. The summed E-state index contributed by atoms with van der Waals surface area (Å²) in [7, 11) is 0.500. The molecule has 0 rings (SSSR count). The van der Waals surface area contributed by atoms with Crippen LogP contribution in [0.3, 0.4) is 0 Å². The molecule has 144 valence electrons. The Morgan fingerprint density at radius 2 is 1.22 bits per heavy atom. The first-order chi connectivity index (χ1) is 10.2. The van der Waals surface area contributed by atoms with E-state index in [1.54, 1.807) is 0 Å². The normalized spacial score (nSPS) is 13.4. The molecule has 1 atom stereocenters. The lowest BCUT2D eigenvalue weighted by molar-refractivity contribution is -0.193. The maximum atomic E-state index is 11.9. The van der Waals surface area contributed by atoms with Crippen LogP contribution in [0.1, 0.15) is 19.8 Å². The van der Waals surface area contributed by atoms with E-state index in [1.165, 1.54) is 0 Å². The average Bonchev–Trinajstić information content (AvgIpc) is 2.38. The molecule has 0 heterocycles. The Morgan fingerprint density at radius 3 is 1.43 bits per heavy atom. The van der Waals surface area contributed by atoms with Crippen molar-refractivity contribution in [2.45, 2.75) is 38.3 Å². The first-order valence-corrected chi connectivity index (χ1v) is 5.94. The van der Waals surface area contributed by atoms with Crippen LogP contribution in [-0.2, 0) is 4.74 Å². The van der Waals surface area contributed by atoms with E-state index in [0.717, 1.165) is 6.92 Å². The zero-order valence-electron chi connectivity index (χ0n) is 12.2. The average molecular weight is 374 g/mol. The lowest BCUT2D eigenvalue weighted by atomic mass is 10.1. The quantitative estimate of drug-likeness (QED) is 0.447. The fraction of sp³-hybridized carbons (Fsp3) is 1.00. The highest BCUT2D eigenvalue weighted by atomic mass is 19.4. The summed E-state index contributed by atoms with van der Waals surface area (Å²) in [5, 5.41) is 0. The zero-order chi connectivity index (χ0) is 19.3. The van der Waals surface area contributed by atoms with E-state index in [1.807, 2.05) is 0 Å². The van der Waals surface area contributed by atoms with E-state index in [0.29, 0.717) is 7.18 Å². The van der Waals surface area contributed by atoms with Gasteiger partial charge in [-0.15, -0.1) is 0 Å². The number of alkyl halides is 11. The second-order valence-corrected chi connectivity index (χ2v) is 3.82. The van der Waals surface area contributed by atoms with Crippen molar-refractivity contribution >= 4 is 0 Å². The highest BCUT2D eigenvalue weighted by molar-refractivity contribution is 4.66. The molecule has 0 radical (unpaired) electrons. The van der Waals surface area contributed by atoms with Crippen molar-refractivity contribution in [3.8, 4) is 0 Å². The summed E-state index contributed by atoms with van der Waals surface area (Å²) in [5.41, 5.74) is 0. The van der Waals surface area contributed by atoms with Gasteiger partial charge in [0.2, 0.25) is 0 Å². The molecule has 1 unspecified atom stereocenters. The van der Waals surface area contributed by atoms with Gasteiger partial charge in [0.1, 0.15) is 13.3 Å². The van der Waals surface area contributed by atoms with Gasteiger partial charge in [0.25, 0.3) is 0 Å². The minimum atomic E-state index is -4.74. The maximum Gasteiger partial charge on any atom is 0.411 e. The van der Waals surface area contributed by atoms with E-state index < -0.39 is 57.2 Å². The van der Waals surface area contributed by atoms with Crippen LogP contribution < -0.4 is 0 Å². The number of ether oxygens (including phenoxy) is 1. The second kappa shape index (κ2) is 12.6. The second-order valence-electron chi connectivity index (χ2n) is 3.82. The summed E-state index contributed by atoms with van der Waals surface area (Å²) in [6.07, 6.45) is -14.8. The van der Waals surface area contributed by atoms with E-state index >= 15 is 0 Å². The Morgan fingerprint density at radius 1 is 0.826 bits per heavy atom. The SMILES string of the molecule is CCC(F)(F)F.CF.FCC(CCOCC(F)(F)F)C(F)(F)F. The summed E-state index contributed by atoms with van der Waals surface area (Å²) in [4.78, 5) is 0. The smallest absolute Gasteiger partial charge is 0.372 e. The predicted molar refractivity (Wildman–Crippen MR) is 60.4 cm³/mol.